The summed E-state index contributed by atoms with van der Waals surface area (Å²) in [4.78, 5) is 22.0. The first-order valence-corrected chi connectivity index (χ1v) is 7.57. The number of allylic oxidation sites excluding steroid dienone is 1. The lowest BCUT2D eigenvalue weighted by Gasteiger charge is -2.30. The summed E-state index contributed by atoms with van der Waals surface area (Å²) < 4.78 is 0. The normalized spacial score (nSPS) is 29.7. The monoisotopic (exact) mass is 326 g/mol. The highest BCUT2D eigenvalue weighted by Gasteiger charge is 2.48. The zero-order valence-corrected chi connectivity index (χ0v) is 13.3. The van der Waals surface area contributed by atoms with Gasteiger partial charge in [0.15, 0.2) is 0 Å². The second-order valence-corrected chi connectivity index (χ2v) is 6.46. The van der Waals surface area contributed by atoms with Crippen LogP contribution < -0.4 is 5.32 Å². The molecule has 1 heterocycles. The minimum Gasteiger partial charge on any atom is -0.365 e. The molecule has 1 N–H and O–H groups in total. The zero-order valence-electron chi connectivity index (χ0n) is 11.8. The zero-order chi connectivity index (χ0) is 15.1. The first-order valence-electron chi connectivity index (χ1n) is 6.81. The van der Waals surface area contributed by atoms with Gasteiger partial charge in [0.05, 0.1) is 12.1 Å². The Hall–Kier alpha value is -1.33. The van der Waals surface area contributed by atoms with Gasteiger partial charge in [-0.3, -0.25) is 4.79 Å². The highest BCUT2D eigenvalue weighted by molar-refractivity contribution is 6.33. The minimum absolute atomic E-state index is 0.0154. The van der Waals surface area contributed by atoms with Gasteiger partial charge >= 0.3 is 0 Å². The lowest BCUT2D eigenvalue weighted by molar-refractivity contribution is -0.133. The highest BCUT2D eigenvalue weighted by Crippen LogP contribution is 2.45. The first kappa shape index (κ1) is 14.6. The Kier molecular flexibility index (Phi) is 3.80. The van der Waals surface area contributed by atoms with Crippen LogP contribution in [0.1, 0.15) is 6.42 Å². The molecule has 4 atom stereocenters. The van der Waals surface area contributed by atoms with Crippen molar-refractivity contribution in [1.29, 1.82) is 0 Å². The van der Waals surface area contributed by atoms with E-state index in [9.17, 15) is 4.79 Å². The van der Waals surface area contributed by atoms with Crippen molar-refractivity contribution in [3.8, 4) is 0 Å². The molecule has 0 aliphatic heterocycles. The SMILES string of the molecule is CN(C)C(=O)[C@H]1[C@@H](Nc2nc(Cl)ncc2Cl)[C@@H]2C=C[C@H]1C2. The molecule has 0 aromatic carbocycles. The van der Waals surface area contributed by atoms with Crippen LogP contribution in [0, 0.1) is 17.8 Å². The van der Waals surface area contributed by atoms with E-state index >= 15 is 0 Å². The summed E-state index contributed by atoms with van der Waals surface area (Å²) in [6.45, 7) is 0. The second-order valence-electron chi connectivity index (χ2n) is 5.71. The van der Waals surface area contributed by atoms with Crippen molar-refractivity contribution in [2.45, 2.75) is 12.5 Å². The van der Waals surface area contributed by atoms with Gasteiger partial charge in [0.1, 0.15) is 10.8 Å². The third kappa shape index (κ3) is 2.60. The molecule has 1 aromatic heterocycles. The van der Waals surface area contributed by atoms with Gasteiger partial charge in [-0.2, -0.15) is 4.98 Å². The van der Waals surface area contributed by atoms with Crippen LogP contribution in [-0.2, 0) is 4.79 Å². The van der Waals surface area contributed by atoms with E-state index in [4.69, 9.17) is 23.2 Å². The Balaban J connectivity index is 1.88. The van der Waals surface area contributed by atoms with E-state index < -0.39 is 0 Å². The number of hydrogen-bond donors (Lipinski definition) is 1. The summed E-state index contributed by atoms with van der Waals surface area (Å²) in [7, 11) is 3.56. The second kappa shape index (κ2) is 5.46. The van der Waals surface area contributed by atoms with Gasteiger partial charge in [0.25, 0.3) is 0 Å². The van der Waals surface area contributed by atoms with E-state index in [1.54, 1.807) is 19.0 Å². The molecule has 21 heavy (non-hydrogen) atoms. The van der Waals surface area contributed by atoms with E-state index in [0.29, 0.717) is 16.8 Å². The summed E-state index contributed by atoms with van der Waals surface area (Å²) in [6, 6.07) is -0.0154. The Labute approximate surface area is 133 Å². The van der Waals surface area contributed by atoms with Gasteiger partial charge in [0, 0.05) is 20.1 Å². The molecule has 0 unspecified atom stereocenters. The maximum atomic E-state index is 12.4. The lowest BCUT2D eigenvalue weighted by atomic mass is 9.87. The fourth-order valence-electron chi connectivity index (χ4n) is 3.26. The number of nitrogens with zero attached hydrogens (tertiary/aromatic N) is 3. The number of amides is 1. The average Bonchev–Trinajstić information content (AvgIpc) is 3.03. The van der Waals surface area contributed by atoms with Crippen LogP contribution in [0.4, 0.5) is 5.82 Å². The quantitative estimate of drug-likeness (QED) is 0.684. The van der Waals surface area contributed by atoms with E-state index in [2.05, 4.69) is 27.4 Å². The number of nitrogens with one attached hydrogen (secondary N) is 1. The first-order chi connectivity index (χ1) is 9.97. The van der Waals surface area contributed by atoms with Crippen molar-refractivity contribution in [2.75, 3.05) is 19.4 Å². The van der Waals surface area contributed by atoms with E-state index in [1.807, 2.05) is 0 Å². The lowest BCUT2D eigenvalue weighted by Crippen LogP contribution is -2.43. The molecule has 2 aliphatic rings. The molecule has 5 nitrogen and oxygen atoms in total. The average molecular weight is 327 g/mol. The summed E-state index contributed by atoms with van der Waals surface area (Å²) in [6.07, 6.45) is 6.76. The maximum absolute atomic E-state index is 12.4. The van der Waals surface area contributed by atoms with Gasteiger partial charge in [-0.1, -0.05) is 23.8 Å². The molecule has 1 amide bonds. The fraction of sp³-hybridized carbons (Fsp3) is 0.500. The minimum atomic E-state index is -0.0974. The number of carbonyl (C=O) groups is 1. The summed E-state index contributed by atoms with van der Waals surface area (Å²) in [5.74, 6) is 1.10. The number of halogens is 2. The Morgan fingerprint density at radius 3 is 2.76 bits per heavy atom. The van der Waals surface area contributed by atoms with Crippen molar-refractivity contribution in [1.82, 2.24) is 14.9 Å². The Bertz CT molecular complexity index is 605. The standard InChI is InChI=1S/C14H16Cl2N4O/c1-20(2)13(21)10-7-3-4-8(5-7)11(10)18-12-9(15)6-17-14(16)19-12/h3-4,6-8,10-11H,5H2,1-2H3,(H,17,18,19)/t7-,8+,10+,11-/m0/s1. The molecule has 1 aromatic rings. The van der Waals surface area contributed by atoms with Crippen LogP contribution >= 0.6 is 23.2 Å². The smallest absolute Gasteiger partial charge is 0.227 e. The van der Waals surface area contributed by atoms with E-state index in [0.717, 1.165) is 6.42 Å². The third-order valence-corrected chi connectivity index (χ3v) is 4.66. The summed E-state index contributed by atoms with van der Waals surface area (Å²) in [5.41, 5.74) is 0. The van der Waals surface area contributed by atoms with Gasteiger partial charge in [-0.05, 0) is 29.9 Å². The van der Waals surface area contributed by atoms with Crippen LogP contribution in [0.5, 0.6) is 0 Å². The van der Waals surface area contributed by atoms with Crippen LogP contribution in [0.2, 0.25) is 10.3 Å². The van der Waals surface area contributed by atoms with Crippen molar-refractivity contribution in [3.05, 3.63) is 28.7 Å². The number of anilines is 1. The number of fused-ring (bicyclic) bond motifs is 2. The summed E-state index contributed by atoms with van der Waals surface area (Å²) >= 11 is 11.9. The fourth-order valence-corrected chi connectivity index (χ4v) is 3.54. The molecule has 1 saturated carbocycles. The van der Waals surface area contributed by atoms with Gasteiger partial charge in [0.2, 0.25) is 11.2 Å². The largest absolute Gasteiger partial charge is 0.365 e. The summed E-state index contributed by atoms with van der Waals surface area (Å²) in [5, 5.41) is 3.84. The molecular weight excluding hydrogens is 311 g/mol. The van der Waals surface area contributed by atoms with Crippen molar-refractivity contribution in [3.63, 3.8) is 0 Å². The highest BCUT2D eigenvalue weighted by atomic mass is 35.5. The molecule has 1 fully saturated rings. The van der Waals surface area contributed by atoms with Gasteiger partial charge < -0.3 is 10.2 Å². The van der Waals surface area contributed by atoms with Crippen LogP contribution in [0.3, 0.4) is 0 Å². The molecular formula is C14H16Cl2N4O. The topological polar surface area (TPSA) is 58.1 Å². The maximum Gasteiger partial charge on any atom is 0.227 e. The van der Waals surface area contributed by atoms with Crippen LogP contribution in [0.25, 0.3) is 0 Å². The molecule has 0 spiro atoms. The molecule has 0 saturated heterocycles. The molecule has 7 heteroatoms. The third-order valence-electron chi connectivity index (χ3n) is 4.20. The van der Waals surface area contributed by atoms with Crippen LogP contribution in [-0.4, -0.2) is 40.9 Å². The number of carbonyl (C=O) groups excluding carboxylic acids is 1. The van der Waals surface area contributed by atoms with E-state index in [-0.39, 0.29) is 29.1 Å². The molecule has 3 rings (SSSR count). The van der Waals surface area contributed by atoms with Gasteiger partial charge in [-0.15, -0.1) is 0 Å². The molecule has 2 bridgehead atoms. The molecule has 0 radical (unpaired) electrons. The Morgan fingerprint density at radius 2 is 2.05 bits per heavy atom. The van der Waals surface area contributed by atoms with Crippen molar-refractivity contribution < 1.29 is 4.79 Å². The predicted molar refractivity (Wildman–Crippen MR) is 82.4 cm³/mol. The molecule has 2 aliphatic carbocycles. The van der Waals surface area contributed by atoms with Crippen LogP contribution in [0.15, 0.2) is 18.3 Å². The number of hydrogen-bond acceptors (Lipinski definition) is 4. The van der Waals surface area contributed by atoms with Crippen molar-refractivity contribution >= 4 is 34.9 Å². The van der Waals surface area contributed by atoms with E-state index in [1.165, 1.54) is 6.20 Å². The number of aromatic nitrogens is 2. The predicted octanol–water partition coefficient (Wildman–Crippen LogP) is 2.47. The van der Waals surface area contributed by atoms with Crippen molar-refractivity contribution in [2.24, 2.45) is 17.8 Å². The molecule has 112 valence electrons. The Morgan fingerprint density at radius 1 is 1.33 bits per heavy atom. The van der Waals surface area contributed by atoms with Gasteiger partial charge in [-0.25, -0.2) is 4.98 Å². The number of rotatable bonds is 3.